The van der Waals surface area contributed by atoms with Crippen LogP contribution in [0.5, 0.6) is 11.5 Å². The lowest BCUT2D eigenvalue weighted by Crippen LogP contribution is -2.20. The molecule has 0 spiro atoms. The molecule has 28 heavy (non-hydrogen) atoms. The van der Waals surface area contributed by atoms with E-state index < -0.39 is 0 Å². The van der Waals surface area contributed by atoms with Gasteiger partial charge < -0.3 is 19.2 Å². The molecule has 0 saturated heterocycles. The standard InChI is InChI=1S/C22H22N2O4/c1-16-3-5-19(28-16)6-8-22(25)24-14-18-4-7-20(21(13-18)26-2)27-15-17-9-11-23-12-10-17/h3-13H,14-15H2,1-2H3,(H,24,25). The van der Waals surface area contributed by atoms with Crippen molar-refractivity contribution in [2.24, 2.45) is 0 Å². The second kappa shape index (κ2) is 9.41. The number of hydrogen-bond acceptors (Lipinski definition) is 5. The quantitative estimate of drug-likeness (QED) is 0.602. The van der Waals surface area contributed by atoms with Crippen LogP contribution >= 0.6 is 0 Å². The second-order valence-electron chi connectivity index (χ2n) is 6.13. The summed E-state index contributed by atoms with van der Waals surface area (Å²) in [7, 11) is 1.59. The van der Waals surface area contributed by atoms with Crippen LogP contribution in [-0.4, -0.2) is 18.0 Å². The summed E-state index contributed by atoms with van der Waals surface area (Å²) < 4.78 is 16.6. The lowest BCUT2D eigenvalue weighted by Gasteiger charge is -2.12. The third-order valence-corrected chi connectivity index (χ3v) is 4.00. The van der Waals surface area contributed by atoms with Gasteiger partial charge in [-0.2, -0.15) is 0 Å². The zero-order valence-corrected chi connectivity index (χ0v) is 15.8. The van der Waals surface area contributed by atoms with Gasteiger partial charge in [-0.15, -0.1) is 0 Å². The van der Waals surface area contributed by atoms with Crippen LogP contribution in [0.4, 0.5) is 0 Å². The molecule has 0 saturated carbocycles. The molecule has 6 nitrogen and oxygen atoms in total. The molecular formula is C22H22N2O4. The fraction of sp³-hybridized carbons (Fsp3) is 0.182. The van der Waals surface area contributed by atoms with Gasteiger partial charge in [0, 0.05) is 25.0 Å². The van der Waals surface area contributed by atoms with E-state index in [1.165, 1.54) is 6.08 Å². The van der Waals surface area contributed by atoms with Crippen LogP contribution in [0.1, 0.15) is 22.6 Å². The van der Waals surface area contributed by atoms with Crippen molar-refractivity contribution in [3.8, 4) is 11.5 Å². The van der Waals surface area contributed by atoms with Gasteiger partial charge in [0.1, 0.15) is 18.1 Å². The van der Waals surface area contributed by atoms with Crippen molar-refractivity contribution >= 4 is 12.0 Å². The topological polar surface area (TPSA) is 73.6 Å². The number of carbonyl (C=O) groups is 1. The molecule has 3 rings (SSSR count). The number of methoxy groups -OCH3 is 1. The number of furan rings is 1. The molecule has 1 N–H and O–H groups in total. The summed E-state index contributed by atoms with van der Waals surface area (Å²) in [5.41, 5.74) is 1.93. The Morgan fingerprint density at radius 3 is 2.64 bits per heavy atom. The summed E-state index contributed by atoms with van der Waals surface area (Å²) >= 11 is 0. The summed E-state index contributed by atoms with van der Waals surface area (Å²) in [5, 5.41) is 2.83. The molecule has 0 aliphatic rings. The van der Waals surface area contributed by atoms with Gasteiger partial charge in [0.05, 0.1) is 7.11 Å². The van der Waals surface area contributed by atoms with Gasteiger partial charge in [0.15, 0.2) is 11.5 Å². The molecule has 1 amide bonds. The predicted molar refractivity (Wildman–Crippen MR) is 106 cm³/mol. The van der Waals surface area contributed by atoms with Crippen molar-refractivity contribution in [2.75, 3.05) is 7.11 Å². The SMILES string of the molecule is COc1cc(CNC(=O)C=Cc2ccc(C)o2)ccc1OCc1ccncc1. The molecule has 2 heterocycles. The van der Waals surface area contributed by atoms with Crippen molar-refractivity contribution in [1.29, 1.82) is 0 Å². The Morgan fingerprint density at radius 2 is 1.93 bits per heavy atom. The van der Waals surface area contributed by atoms with Crippen molar-refractivity contribution in [3.05, 3.63) is 83.6 Å². The first kappa shape index (κ1) is 19.2. The Balaban J connectivity index is 1.55. The zero-order valence-electron chi connectivity index (χ0n) is 15.8. The fourth-order valence-electron chi connectivity index (χ4n) is 2.53. The zero-order chi connectivity index (χ0) is 19.8. The molecule has 3 aromatic rings. The lowest BCUT2D eigenvalue weighted by atomic mass is 10.2. The van der Waals surface area contributed by atoms with Crippen molar-refractivity contribution in [2.45, 2.75) is 20.1 Å². The summed E-state index contributed by atoms with van der Waals surface area (Å²) in [6.07, 6.45) is 6.53. The number of aryl methyl sites for hydroxylation is 1. The number of ether oxygens (including phenoxy) is 2. The molecule has 0 radical (unpaired) electrons. The summed E-state index contributed by atoms with van der Waals surface area (Å²) in [6.45, 7) is 2.66. The molecule has 6 heteroatoms. The molecule has 144 valence electrons. The average molecular weight is 378 g/mol. The maximum atomic E-state index is 12.0. The number of pyridine rings is 1. The summed E-state index contributed by atoms with van der Waals surface area (Å²) in [4.78, 5) is 16.0. The third kappa shape index (κ3) is 5.48. The third-order valence-electron chi connectivity index (χ3n) is 4.00. The first-order valence-corrected chi connectivity index (χ1v) is 8.85. The predicted octanol–water partition coefficient (Wildman–Crippen LogP) is 3.90. The van der Waals surface area contributed by atoms with E-state index in [1.54, 1.807) is 25.6 Å². The molecular weight excluding hydrogens is 356 g/mol. The highest BCUT2D eigenvalue weighted by molar-refractivity contribution is 5.91. The van der Waals surface area contributed by atoms with Crippen LogP contribution in [0, 0.1) is 6.92 Å². The van der Waals surface area contributed by atoms with Crippen LogP contribution in [0.2, 0.25) is 0 Å². The van der Waals surface area contributed by atoms with Crippen molar-refractivity contribution in [3.63, 3.8) is 0 Å². The van der Waals surface area contributed by atoms with Crippen molar-refractivity contribution < 1.29 is 18.7 Å². The largest absolute Gasteiger partial charge is 0.493 e. The highest BCUT2D eigenvalue weighted by Crippen LogP contribution is 2.28. The highest BCUT2D eigenvalue weighted by Gasteiger charge is 2.07. The van der Waals surface area contributed by atoms with Gasteiger partial charge in [-0.3, -0.25) is 9.78 Å². The number of carbonyl (C=O) groups excluding carboxylic acids is 1. The molecule has 0 bridgehead atoms. The van der Waals surface area contributed by atoms with E-state index in [4.69, 9.17) is 13.9 Å². The monoisotopic (exact) mass is 378 g/mol. The number of nitrogens with one attached hydrogen (secondary N) is 1. The summed E-state index contributed by atoms with van der Waals surface area (Å²) in [6, 6.07) is 13.0. The lowest BCUT2D eigenvalue weighted by molar-refractivity contribution is -0.116. The van der Waals surface area contributed by atoms with Gasteiger partial charge in [-0.1, -0.05) is 6.07 Å². The molecule has 0 aliphatic heterocycles. The fourth-order valence-corrected chi connectivity index (χ4v) is 2.53. The Bertz CT molecular complexity index is 948. The molecule has 2 aromatic heterocycles. The minimum absolute atomic E-state index is 0.203. The highest BCUT2D eigenvalue weighted by atomic mass is 16.5. The van der Waals surface area contributed by atoms with E-state index in [1.807, 2.05) is 49.4 Å². The van der Waals surface area contributed by atoms with Crippen LogP contribution in [0.3, 0.4) is 0 Å². The number of hydrogen-bond donors (Lipinski definition) is 1. The van der Waals surface area contributed by atoms with E-state index in [-0.39, 0.29) is 5.91 Å². The molecule has 0 unspecified atom stereocenters. The van der Waals surface area contributed by atoms with Crippen LogP contribution in [-0.2, 0) is 17.9 Å². The Kier molecular flexibility index (Phi) is 6.46. The van der Waals surface area contributed by atoms with E-state index in [0.717, 1.165) is 16.9 Å². The second-order valence-corrected chi connectivity index (χ2v) is 6.13. The number of benzene rings is 1. The number of amides is 1. The minimum Gasteiger partial charge on any atom is -0.493 e. The average Bonchev–Trinajstić information content (AvgIpc) is 3.15. The maximum Gasteiger partial charge on any atom is 0.244 e. The Labute approximate surface area is 163 Å². The van der Waals surface area contributed by atoms with E-state index in [9.17, 15) is 4.79 Å². The first-order valence-electron chi connectivity index (χ1n) is 8.85. The number of nitrogens with zero attached hydrogens (tertiary/aromatic N) is 1. The Morgan fingerprint density at radius 1 is 1.11 bits per heavy atom. The molecule has 1 aromatic carbocycles. The van der Waals surface area contributed by atoms with E-state index >= 15 is 0 Å². The van der Waals surface area contributed by atoms with Gasteiger partial charge in [-0.05, 0) is 60.5 Å². The minimum atomic E-state index is -0.203. The number of aromatic nitrogens is 1. The van der Waals surface area contributed by atoms with Gasteiger partial charge >= 0.3 is 0 Å². The van der Waals surface area contributed by atoms with E-state index in [0.29, 0.717) is 30.4 Å². The normalized spacial score (nSPS) is 10.8. The van der Waals surface area contributed by atoms with Gasteiger partial charge in [-0.25, -0.2) is 0 Å². The van der Waals surface area contributed by atoms with Crippen LogP contribution in [0.15, 0.2) is 65.4 Å². The van der Waals surface area contributed by atoms with Gasteiger partial charge in [0.25, 0.3) is 0 Å². The Hall–Kier alpha value is -3.54. The number of rotatable bonds is 8. The van der Waals surface area contributed by atoms with Crippen LogP contribution in [0.25, 0.3) is 6.08 Å². The molecule has 0 atom stereocenters. The van der Waals surface area contributed by atoms with Crippen molar-refractivity contribution in [1.82, 2.24) is 10.3 Å². The molecule has 0 aliphatic carbocycles. The first-order chi connectivity index (χ1) is 13.6. The molecule has 0 fully saturated rings. The van der Waals surface area contributed by atoms with Crippen LogP contribution < -0.4 is 14.8 Å². The summed E-state index contributed by atoms with van der Waals surface area (Å²) in [5.74, 6) is 2.50. The van der Waals surface area contributed by atoms with E-state index in [2.05, 4.69) is 10.3 Å². The van der Waals surface area contributed by atoms with Gasteiger partial charge in [0.2, 0.25) is 5.91 Å². The maximum absolute atomic E-state index is 12.0. The smallest absolute Gasteiger partial charge is 0.244 e.